The number of hydrogen-bond acceptors (Lipinski definition) is 3. The van der Waals surface area contributed by atoms with E-state index >= 15 is 0 Å². The Kier molecular flexibility index (Phi) is 13.1. The average molecular weight is 548 g/mol. The summed E-state index contributed by atoms with van der Waals surface area (Å²) in [6.45, 7) is 4.25. The van der Waals surface area contributed by atoms with Crippen LogP contribution in [0.4, 0.5) is 8.78 Å². The van der Waals surface area contributed by atoms with Crippen LogP contribution in [0.5, 0.6) is 0 Å². The van der Waals surface area contributed by atoms with Gasteiger partial charge < -0.3 is 5.32 Å². The van der Waals surface area contributed by atoms with Crippen LogP contribution in [0.15, 0.2) is 89.1 Å². The van der Waals surface area contributed by atoms with Gasteiger partial charge in [0, 0.05) is 20.7 Å². The Balaban J connectivity index is 0.000000590. The van der Waals surface area contributed by atoms with Gasteiger partial charge in [0.15, 0.2) is 9.84 Å². The van der Waals surface area contributed by atoms with Crippen molar-refractivity contribution >= 4 is 16.2 Å². The molecule has 0 unspecified atom stereocenters. The average Bonchev–Trinajstić information content (AvgIpc) is 3.27. The zero-order valence-electron chi connectivity index (χ0n) is 22.5. The quantitative estimate of drug-likeness (QED) is 0.303. The number of amides is 1. The van der Waals surface area contributed by atoms with Crippen LogP contribution >= 0.6 is 0 Å². The molecule has 1 fully saturated rings. The fourth-order valence-electron chi connectivity index (χ4n) is 4.21. The Hall–Kier alpha value is -3.06. The highest BCUT2D eigenvalue weighted by atomic mass is 32.2. The van der Waals surface area contributed by atoms with Crippen molar-refractivity contribution in [1.82, 2.24) is 5.32 Å². The van der Waals surface area contributed by atoms with Gasteiger partial charge >= 0.3 is 0 Å². The Morgan fingerprint density at radius 1 is 0.974 bits per heavy atom. The largest absolute Gasteiger partial charge is 0.352 e. The van der Waals surface area contributed by atoms with Crippen molar-refractivity contribution in [2.24, 2.45) is 5.92 Å². The highest BCUT2D eigenvalue weighted by Crippen LogP contribution is 2.24. The lowest BCUT2D eigenvalue weighted by atomic mass is 10.0. The van der Waals surface area contributed by atoms with E-state index in [2.05, 4.69) is 12.2 Å². The number of benzene rings is 2. The molecule has 2 aromatic rings. The topological polar surface area (TPSA) is 63.2 Å². The number of sulfone groups is 1. The van der Waals surface area contributed by atoms with Gasteiger partial charge in [0.2, 0.25) is 6.41 Å². The molecule has 2 aromatic carbocycles. The number of halogens is 2. The van der Waals surface area contributed by atoms with Crippen LogP contribution in [-0.2, 0) is 14.6 Å². The smallest absolute Gasteiger partial charge is 0.207 e. The maximum atomic E-state index is 13.5. The Bertz CT molecular complexity index is 1220. The summed E-state index contributed by atoms with van der Waals surface area (Å²) in [5, 5.41) is 2.62. The molecule has 38 heavy (non-hydrogen) atoms. The SMILES string of the molecule is CC1CCCCCC1.CS(=O)(=O)c1ccc(-c2ccccc2F)cc1.C[C@@H](NC=O)C1=CC=C(F)C=CC1.[HH].[HH]. The molecule has 0 bridgehead atoms. The Morgan fingerprint density at radius 2 is 1.61 bits per heavy atom. The van der Waals surface area contributed by atoms with Gasteiger partial charge in [-0.25, -0.2) is 17.2 Å². The van der Waals surface area contributed by atoms with Crippen LogP contribution in [0.1, 0.15) is 61.6 Å². The van der Waals surface area contributed by atoms with Crippen molar-refractivity contribution in [1.29, 1.82) is 0 Å². The molecule has 0 heterocycles. The van der Waals surface area contributed by atoms with E-state index in [1.807, 2.05) is 6.92 Å². The number of carbonyl (C=O) groups is 1. The Labute approximate surface area is 229 Å². The Morgan fingerprint density at radius 3 is 2.18 bits per heavy atom. The normalized spacial score (nSPS) is 16.7. The minimum atomic E-state index is -3.21. The zero-order chi connectivity index (χ0) is 28.0. The first-order chi connectivity index (χ1) is 18.1. The van der Waals surface area contributed by atoms with Gasteiger partial charge in [-0.15, -0.1) is 0 Å². The molecular weight excluding hydrogens is 504 g/mol. The molecule has 1 amide bonds. The van der Waals surface area contributed by atoms with Gasteiger partial charge in [0.1, 0.15) is 11.6 Å². The van der Waals surface area contributed by atoms with Crippen molar-refractivity contribution < 1.29 is 24.8 Å². The van der Waals surface area contributed by atoms with Crippen molar-refractivity contribution in [2.45, 2.75) is 69.7 Å². The summed E-state index contributed by atoms with van der Waals surface area (Å²) in [4.78, 5) is 10.4. The minimum absolute atomic E-state index is 0. The first-order valence-corrected chi connectivity index (χ1v) is 15.0. The predicted molar refractivity (Wildman–Crippen MR) is 156 cm³/mol. The maximum Gasteiger partial charge on any atom is 0.207 e. The van der Waals surface area contributed by atoms with Crippen molar-refractivity contribution in [3.63, 3.8) is 0 Å². The molecular formula is C31H43F2NO3S. The van der Waals surface area contributed by atoms with Gasteiger partial charge in [-0.1, -0.05) is 87.9 Å². The molecule has 210 valence electrons. The fourth-order valence-corrected chi connectivity index (χ4v) is 4.84. The lowest BCUT2D eigenvalue weighted by Crippen LogP contribution is -2.26. The molecule has 4 rings (SSSR count). The first kappa shape index (κ1) is 31.2. The number of nitrogens with one attached hydrogen (secondary N) is 1. The third kappa shape index (κ3) is 11.1. The van der Waals surface area contributed by atoms with E-state index in [1.54, 1.807) is 42.5 Å². The van der Waals surface area contributed by atoms with E-state index in [0.717, 1.165) is 17.7 Å². The van der Waals surface area contributed by atoms with Gasteiger partial charge in [0.25, 0.3) is 0 Å². The molecule has 1 saturated carbocycles. The maximum absolute atomic E-state index is 13.5. The molecule has 0 aliphatic heterocycles. The first-order valence-electron chi connectivity index (χ1n) is 13.1. The van der Waals surface area contributed by atoms with Crippen molar-refractivity contribution in [3.8, 4) is 11.1 Å². The third-order valence-electron chi connectivity index (χ3n) is 6.57. The van der Waals surface area contributed by atoms with Gasteiger partial charge in [-0.3, -0.25) is 4.79 Å². The molecule has 2 aliphatic carbocycles. The second kappa shape index (κ2) is 16.0. The van der Waals surface area contributed by atoms with E-state index in [-0.39, 0.29) is 25.4 Å². The summed E-state index contributed by atoms with van der Waals surface area (Å²) in [5.41, 5.74) is 2.12. The fraction of sp³-hybridized carbons (Fsp3) is 0.387. The van der Waals surface area contributed by atoms with E-state index < -0.39 is 9.84 Å². The van der Waals surface area contributed by atoms with Crippen LogP contribution in [0.25, 0.3) is 11.1 Å². The van der Waals surface area contributed by atoms with Gasteiger partial charge in [-0.2, -0.15) is 0 Å². The molecule has 1 N–H and O–H groups in total. The summed E-state index contributed by atoms with van der Waals surface area (Å²) in [6.07, 6.45) is 17.7. The molecule has 7 heteroatoms. The highest BCUT2D eigenvalue weighted by molar-refractivity contribution is 7.90. The molecule has 0 aromatic heterocycles. The van der Waals surface area contributed by atoms with E-state index in [1.165, 1.54) is 68.9 Å². The van der Waals surface area contributed by atoms with Crippen molar-refractivity contribution in [2.75, 3.05) is 6.26 Å². The second-order valence-electron chi connectivity index (χ2n) is 9.78. The van der Waals surface area contributed by atoms with Crippen LogP contribution in [0, 0.1) is 11.7 Å². The van der Waals surface area contributed by atoms with E-state index in [0.29, 0.717) is 24.0 Å². The molecule has 1 atom stereocenters. The van der Waals surface area contributed by atoms with E-state index in [9.17, 15) is 22.0 Å². The lowest BCUT2D eigenvalue weighted by molar-refractivity contribution is -0.109. The number of carbonyl (C=O) groups excluding carboxylic acids is 1. The standard InChI is InChI=1S/C13H11FO2S.C10H12FNO.C8H16.2H2/c1-17(15,16)11-8-6-10(7-9-11)12-4-2-3-5-13(12)14;1-8(12-7-13)9-3-2-4-10(11)6-5-9;1-8-6-4-2-3-5-7-8;;/h2-9H,1H3;2,4-8H,3H2,1H3,(H,12,13);8H,2-7H2,1H3;2*1H/t;8-;;;/m.1.../s1. The summed E-state index contributed by atoms with van der Waals surface area (Å²) in [7, 11) is -3.21. The van der Waals surface area contributed by atoms with Gasteiger partial charge in [-0.05, 0) is 60.8 Å². The predicted octanol–water partition coefficient (Wildman–Crippen LogP) is 8.23. The lowest BCUT2D eigenvalue weighted by Gasteiger charge is -2.12. The molecule has 2 aliphatic rings. The van der Waals surface area contributed by atoms with Crippen LogP contribution in [0.3, 0.4) is 0 Å². The molecule has 0 saturated heterocycles. The zero-order valence-corrected chi connectivity index (χ0v) is 23.3. The monoisotopic (exact) mass is 547 g/mol. The van der Waals surface area contributed by atoms with E-state index in [4.69, 9.17) is 0 Å². The highest BCUT2D eigenvalue weighted by Gasteiger charge is 2.09. The number of rotatable bonds is 5. The summed E-state index contributed by atoms with van der Waals surface area (Å²) in [5.74, 6) is 0.449. The summed E-state index contributed by atoms with van der Waals surface area (Å²) < 4.78 is 48.7. The van der Waals surface area contributed by atoms with Crippen molar-refractivity contribution in [3.05, 3.63) is 90.1 Å². The molecule has 0 radical (unpaired) electrons. The second-order valence-corrected chi connectivity index (χ2v) is 11.8. The van der Waals surface area contributed by atoms with Crippen LogP contribution in [-0.4, -0.2) is 27.1 Å². The van der Waals surface area contributed by atoms with Crippen LogP contribution in [0.2, 0.25) is 0 Å². The van der Waals surface area contributed by atoms with Crippen LogP contribution < -0.4 is 5.32 Å². The summed E-state index contributed by atoms with van der Waals surface area (Å²) >= 11 is 0. The minimum Gasteiger partial charge on any atom is -0.352 e. The van der Waals surface area contributed by atoms with Gasteiger partial charge in [0.05, 0.1) is 4.90 Å². The number of allylic oxidation sites excluding steroid dienone is 5. The molecule has 0 spiro atoms. The number of hydrogen-bond donors (Lipinski definition) is 1. The molecule has 4 nitrogen and oxygen atoms in total. The summed E-state index contributed by atoms with van der Waals surface area (Å²) in [6, 6.07) is 12.5. The third-order valence-corrected chi connectivity index (χ3v) is 7.70.